The van der Waals surface area contributed by atoms with Crippen molar-refractivity contribution >= 4 is 44.2 Å². The van der Waals surface area contributed by atoms with E-state index in [2.05, 4.69) is 153 Å². The van der Waals surface area contributed by atoms with Crippen molar-refractivity contribution in [3.8, 4) is 34.2 Å². The van der Waals surface area contributed by atoms with Gasteiger partial charge >= 0.3 is 0 Å². The third-order valence-electron chi connectivity index (χ3n) is 10.6. The van der Waals surface area contributed by atoms with Crippen LogP contribution in [0.1, 0.15) is 11.5 Å². The molecule has 0 N–H and O–H groups in total. The number of hydrogen-bond acceptors (Lipinski definition) is 5. The van der Waals surface area contributed by atoms with Gasteiger partial charge < -0.3 is 9.47 Å². The van der Waals surface area contributed by atoms with Gasteiger partial charge in [-0.3, -0.25) is 9.55 Å². The smallest absolute Gasteiger partial charge is 0.235 e. The molecule has 0 radical (unpaired) electrons. The molecule has 0 spiro atoms. The Hall–Kier alpha value is -7.12. The van der Waals surface area contributed by atoms with Crippen LogP contribution in [-0.2, 0) is 0 Å². The molecule has 7 nitrogen and oxygen atoms in total. The van der Waals surface area contributed by atoms with Crippen LogP contribution in [-0.4, -0.2) is 35.1 Å². The van der Waals surface area contributed by atoms with E-state index in [0.29, 0.717) is 5.95 Å². The first kappa shape index (κ1) is 29.6. The fraction of sp³-hybridized carbons (Fsp3) is 0.0435. The van der Waals surface area contributed by atoms with Gasteiger partial charge in [0.1, 0.15) is 16.9 Å². The Morgan fingerprint density at radius 3 is 2.09 bits per heavy atom. The third kappa shape index (κ3) is 4.40. The normalized spacial score (nSPS) is 16.1. The maximum absolute atomic E-state index is 5.61. The highest BCUT2D eigenvalue weighted by atomic mass is 15.3. The zero-order chi connectivity index (χ0) is 34.9. The van der Waals surface area contributed by atoms with E-state index in [1.165, 1.54) is 11.1 Å². The number of aromatic nitrogens is 6. The van der Waals surface area contributed by atoms with Crippen LogP contribution in [0.25, 0.3) is 67.0 Å². The van der Waals surface area contributed by atoms with Crippen LogP contribution < -0.4 is 4.90 Å². The van der Waals surface area contributed by atoms with Gasteiger partial charge in [-0.1, -0.05) is 103 Å². The van der Waals surface area contributed by atoms with Crippen molar-refractivity contribution in [2.75, 3.05) is 4.90 Å². The number of nitrogens with zero attached hydrogens (tertiary/aromatic N) is 7. The number of hydrogen-bond donors (Lipinski definition) is 0. The molecule has 5 aromatic carbocycles. The van der Waals surface area contributed by atoms with E-state index in [0.717, 1.165) is 66.9 Å². The molecule has 5 heterocycles. The maximum Gasteiger partial charge on any atom is 0.235 e. The second kappa shape index (κ2) is 11.7. The maximum atomic E-state index is 5.61. The summed E-state index contributed by atoms with van der Waals surface area (Å²) in [6.07, 6.45) is 16.3. The Labute approximate surface area is 305 Å². The van der Waals surface area contributed by atoms with E-state index < -0.39 is 0 Å². The SMILES string of the molecule is C1=CC2c3c(c4c(nc(-c5ccncc5)n4-c4ncccn4)c4c5ccccc5n(-c5ccccc5)c34)N(c3cccc(-c4ccccc4)c3)C2C=C1. The zero-order valence-electron chi connectivity index (χ0n) is 28.5. The molecule has 4 aromatic heterocycles. The van der Waals surface area contributed by atoms with Crippen molar-refractivity contribution in [3.05, 3.63) is 182 Å². The fourth-order valence-electron chi connectivity index (χ4n) is 8.51. The lowest BCUT2D eigenvalue weighted by atomic mass is 9.89. The molecule has 0 amide bonds. The molecule has 1 aliphatic carbocycles. The minimum atomic E-state index is 0.0153. The second-order valence-electron chi connectivity index (χ2n) is 13.5. The van der Waals surface area contributed by atoms with E-state index in [1.54, 1.807) is 12.4 Å². The van der Waals surface area contributed by atoms with Crippen LogP contribution in [0, 0.1) is 0 Å². The minimum Gasteiger partial charge on any atom is -0.331 e. The van der Waals surface area contributed by atoms with E-state index in [9.17, 15) is 0 Å². The summed E-state index contributed by atoms with van der Waals surface area (Å²) in [6, 6.07) is 44.8. The van der Waals surface area contributed by atoms with Gasteiger partial charge in [-0.25, -0.2) is 15.0 Å². The third-order valence-corrected chi connectivity index (χ3v) is 10.6. The molecule has 1 aliphatic heterocycles. The number of imidazole rings is 1. The van der Waals surface area contributed by atoms with E-state index in [-0.39, 0.29) is 12.0 Å². The highest BCUT2D eigenvalue weighted by Crippen LogP contribution is 2.56. The summed E-state index contributed by atoms with van der Waals surface area (Å²) in [5, 5.41) is 2.26. The van der Waals surface area contributed by atoms with Crippen LogP contribution in [0.15, 0.2) is 176 Å². The Balaban J connectivity index is 1.37. The van der Waals surface area contributed by atoms with Gasteiger partial charge in [-0.2, -0.15) is 0 Å². The number of para-hydroxylation sites is 2. The topological polar surface area (TPSA) is 64.7 Å². The first-order valence-corrected chi connectivity index (χ1v) is 17.9. The fourth-order valence-corrected chi connectivity index (χ4v) is 8.51. The number of anilines is 2. The summed E-state index contributed by atoms with van der Waals surface area (Å²) in [4.78, 5) is 22.2. The van der Waals surface area contributed by atoms with Gasteiger partial charge in [0.05, 0.1) is 22.8 Å². The Kier molecular flexibility index (Phi) is 6.54. The number of rotatable bonds is 5. The van der Waals surface area contributed by atoms with Crippen molar-refractivity contribution in [2.45, 2.75) is 12.0 Å². The minimum absolute atomic E-state index is 0.0153. The molecule has 0 saturated heterocycles. The molecule has 0 saturated carbocycles. The van der Waals surface area contributed by atoms with Crippen LogP contribution in [0.5, 0.6) is 0 Å². The van der Waals surface area contributed by atoms with Crippen LogP contribution in [0.2, 0.25) is 0 Å². The lowest BCUT2D eigenvalue weighted by Gasteiger charge is -2.29. The quantitative estimate of drug-likeness (QED) is 0.181. The van der Waals surface area contributed by atoms with Crippen molar-refractivity contribution < 1.29 is 0 Å². The van der Waals surface area contributed by atoms with Gasteiger partial charge in [0.2, 0.25) is 5.95 Å². The molecule has 53 heavy (non-hydrogen) atoms. The standard InChI is InChI=1S/C46H31N7/c1-3-13-30(14-4-1)32-15-11-18-34(29-32)52-38-22-10-8-20-36(38)40-42-39(35-19-7-9-21-37(35)51(42)33-16-5-2-6-17-33)41-44(43(40)52)53(46-48-25-12-26-49-46)45(50-41)31-23-27-47-28-24-31/h1-29,36,38H. The van der Waals surface area contributed by atoms with E-state index in [4.69, 9.17) is 15.0 Å². The van der Waals surface area contributed by atoms with Crippen LogP contribution in [0.3, 0.4) is 0 Å². The molecule has 2 atom stereocenters. The largest absolute Gasteiger partial charge is 0.331 e. The first-order valence-electron chi connectivity index (χ1n) is 17.9. The summed E-state index contributed by atoms with van der Waals surface area (Å²) in [6.45, 7) is 0. The number of fused-ring (bicyclic) bond motifs is 10. The Morgan fingerprint density at radius 2 is 1.26 bits per heavy atom. The number of allylic oxidation sites excluding steroid dienone is 2. The zero-order valence-corrected chi connectivity index (χ0v) is 28.5. The summed E-state index contributed by atoms with van der Waals surface area (Å²) in [5.41, 5.74) is 12.0. The molecule has 0 fully saturated rings. The molecule has 2 aliphatic rings. The predicted molar refractivity (Wildman–Crippen MR) is 213 cm³/mol. The second-order valence-corrected chi connectivity index (χ2v) is 13.5. The van der Waals surface area contributed by atoms with Gasteiger partial charge in [0.15, 0.2) is 0 Å². The van der Waals surface area contributed by atoms with Crippen molar-refractivity contribution in [3.63, 3.8) is 0 Å². The number of pyridine rings is 1. The molecular formula is C46H31N7. The summed E-state index contributed by atoms with van der Waals surface area (Å²) in [7, 11) is 0. The Morgan fingerprint density at radius 1 is 0.547 bits per heavy atom. The molecule has 11 rings (SSSR count). The first-order chi connectivity index (χ1) is 26.3. The average molecular weight is 682 g/mol. The molecule has 7 heteroatoms. The molecule has 250 valence electrons. The lowest BCUT2D eigenvalue weighted by molar-refractivity contribution is 0.746. The van der Waals surface area contributed by atoms with Gasteiger partial charge in [0.25, 0.3) is 0 Å². The monoisotopic (exact) mass is 681 g/mol. The van der Waals surface area contributed by atoms with Gasteiger partial charge in [-0.05, 0) is 59.7 Å². The lowest BCUT2D eigenvalue weighted by Crippen LogP contribution is -2.28. The van der Waals surface area contributed by atoms with Crippen LogP contribution in [0.4, 0.5) is 11.4 Å². The average Bonchev–Trinajstić information content (AvgIpc) is 3.91. The highest BCUT2D eigenvalue weighted by molar-refractivity contribution is 6.25. The summed E-state index contributed by atoms with van der Waals surface area (Å²) < 4.78 is 4.61. The predicted octanol–water partition coefficient (Wildman–Crippen LogP) is 10.4. The Bertz CT molecular complexity index is 2890. The van der Waals surface area contributed by atoms with Gasteiger partial charge in [0, 0.05) is 64.0 Å². The highest BCUT2D eigenvalue weighted by Gasteiger charge is 2.44. The van der Waals surface area contributed by atoms with E-state index >= 15 is 0 Å². The van der Waals surface area contributed by atoms with Crippen molar-refractivity contribution in [1.82, 2.24) is 29.1 Å². The van der Waals surface area contributed by atoms with Gasteiger partial charge in [-0.15, -0.1) is 0 Å². The molecular weight excluding hydrogens is 651 g/mol. The molecule has 0 bridgehead atoms. The number of benzene rings is 5. The van der Waals surface area contributed by atoms with Crippen molar-refractivity contribution in [2.24, 2.45) is 0 Å². The van der Waals surface area contributed by atoms with Crippen LogP contribution >= 0.6 is 0 Å². The molecule has 2 unspecified atom stereocenters. The molecule has 9 aromatic rings. The van der Waals surface area contributed by atoms with E-state index in [1.807, 2.05) is 30.6 Å². The van der Waals surface area contributed by atoms with Crippen molar-refractivity contribution in [1.29, 1.82) is 0 Å². The summed E-state index contributed by atoms with van der Waals surface area (Å²) in [5.74, 6) is 1.38. The summed E-state index contributed by atoms with van der Waals surface area (Å²) >= 11 is 0.